The van der Waals surface area contributed by atoms with E-state index in [9.17, 15) is 4.39 Å². The molecule has 0 heterocycles. The van der Waals surface area contributed by atoms with Crippen LogP contribution in [0.15, 0.2) is 18.2 Å². The summed E-state index contributed by atoms with van der Waals surface area (Å²) in [5.41, 5.74) is 3.37. The fourth-order valence-corrected chi connectivity index (χ4v) is 1.63. The number of nitrogens with two attached hydrogens (primary N) is 1. The van der Waals surface area contributed by atoms with E-state index >= 15 is 0 Å². The van der Waals surface area contributed by atoms with Crippen LogP contribution in [0.25, 0.3) is 0 Å². The lowest BCUT2D eigenvalue weighted by atomic mass is 10.1. The fraction of sp³-hybridized carbons (Fsp3) is 0.500. The van der Waals surface area contributed by atoms with Crippen molar-refractivity contribution in [2.24, 2.45) is 5.84 Å². The summed E-state index contributed by atoms with van der Waals surface area (Å²) in [4.78, 5) is 0. The van der Waals surface area contributed by atoms with E-state index in [4.69, 9.17) is 22.2 Å². The highest BCUT2D eigenvalue weighted by Crippen LogP contribution is 2.18. The molecule has 1 atom stereocenters. The third kappa shape index (κ3) is 5.00. The fourth-order valence-electron chi connectivity index (χ4n) is 1.44. The Hall–Kier alpha value is -0.680. The number of nitrogens with one attached hydrogen (secondary N) is 1. The summed E-state index contributed by atoms with van der Waals surface area (Å²) < 4.78 is 18.5. The van der Waals surface area contributed by atoms with Crippen molar-refractivity contribution in [2.75, 3.05) is 6.61 Å². The number of benzene rings is 1. The van der Waals surface area contributed by atoms with Crippen LogP contribution in [-0.4, -0.2) is 18.8 Å². The summed E-state index contributed by atoms with van der Waals surface area (Å²) in [6.45, 7) is 4.35. The van der Waals surface area contributed by atoms with Gasteiger partial charge in [-0.2, -0.15) is 0 Å². The molecule has 0 aliphatic heterocycles. The molecule has 0 spiro atoms. The maximum atomic E-state index is 13.1. The van der Waals surface area contributed by atoms with Crippen LogP contribution in [0.4, 0.5) is 4.39 Å². The van der Waals surface area contributed by atoms with Crippen LogP contribution in [0, 0.1) is 5.82 Å². The predicted molar refractivity (Wildman–Crippen MR) is 67.3 cm³/mol. The molecule has 1 rings (SSSR count). The van der Waals surface area contributed by atoms with Crippen molar-refractivity contribution in [3.8, 4) is 0 Å². The zero-order chi connectivity index (χ0) is 12.8. The lowest BCUT2D eigenvalue weighted by Gasteiger charge is -2.18. The van der Waals surface area contributed by atoms with E-state index in [1.54, 1.807) is 6.07 Å². The molecule has 0 saturated carbocycles. The Labute approximate surface area is 106 Å². The summed E-state index contributed by atoms with van der Waals surface area (Å²) in [7, 11) is 0. The Morgan fingerprint density at radius 3 is 2.76 bits per heavy atom. The van der Waals surface area contributed by atoms with Gasteiger partial charge in [0.15, 0.2) is 0 Å². The quantitative estimate of drug-likeness (QED) is 0.609. The molecule has 0 aliphatic carbocycles. The van der Waals surface area contributed by atoms with Gasteiger partial charge in [0.1, 0.15) is 5.82 Å². The molecular formula is C12H18ClFN2O. The van der Waals surface area contributed by atoms with Gasteiger partial charge >= 0.3 is 0 Å². The van der Waals surface area contributed by atoms with Crippen LogP contribution in [0.2, 0.25) is 5.02 Å². The highest BCUT2D eigenvalue weighted by atomic mass is 35.5. The van der Waals surface area contributed by atoms with Gasteiger partial charge in [0, 0.05) is 11.1 Å². The summed E-state index contributed by atoms with van der Waals surface area (Å²) in [6, 6.07) is 4.21. The van der Waals surface area contributed by atoms with Crippen LogP contribution in [-0.2, 0) is 11.2 Å². The summed E-state index contributed by atoms with van der Waals surface area (Å²) in [5.74, 6) is 5.13. The minimum Gasteiger partial charge on any atom is -0.377 e. The molecule has 1 aromatic carbocycles. The average Bonchev–Trinajstić information content (AvgIpc) is 2.28. The maximum absolute atomic E-state index is 13.1. The predicted octanol–water partition coefficient (Wildman–Crippen LogP) is 2.28. The first-order valence-electron chi connectivity index (χ1n) is 5.54. The van der Waals surface area contributed by atoms with Crippen molar-refractivity contribution in [1.82, 2.24) is 5.43 Å². The first-order chi connectivity index (χ1) is 8.02. The number of halogens is 2. The molecule has 96 valence electrons. The lowest BCUT2D eigenvalue weighted by Crippen LogP contribution is -2.41. The van der Waals surface area contributed by atoms with Crippen LogP contribution in [0.5, 0.6) is 0 Å². The summed E-state index contributed by atoms with van der Waals surface area (Å²) >= 11 is 5.98. The topological polar surface area (TPSA) is 47.3 Å². The van der Waals surface area contributed by atoms with Gasteiger partial charge in [0.2, 0.25) is 0 Å². The second-order valence-corrected chi connectivity index (χ2v) is 4.59. The largest absolute Gasteiger partial charge is 0.377 e. The zero-order valence-electron chi connectivity index (χ0n) is 10.0. The molecule has 1 unspecified atom stereocenters. The number of rotatable bonds is 6. The van der Waals surface area contributed by atoms with E-state index in [-0.39, 0.29) is 18.0 Å². The van der Waals surface area contributed by atoms with Crippen LogP contribution < -0.4 is 11.3 Å². The van der Waals surface area contributed by atoms with Crippen molar-refractivity contribution < 1.29 is 9.13 Å². The van der Waals surface area contributed by atoms with Crippen molar-refractivity contribution in [1.29, 1.82) is 0 Å². The normalized spacial score (nSPS) is 13.1. The monoisotopic (exact) mass is 260 g/mol. The Kier molecular flexibility index (Phi) is 5.85. The number of hydrogen-bond donors (Lipinski definition) is 2. The molecule has 1 aromatic rings. The molecular weight excluding hydrogens is 243 g/mol. The lowest BCUT2D eigenvalue weighted by molar-refractivity contribution is 0.0613. The molecule has 0 fully saturated rings. The van der Waals surface area contributed by atoms with E-state index in [1.165, 1.54) is 12.1 Å². The van der Waals surface area contributed by atoms with Crippen molar-refractivity contribution in [2.45, 2.75) is 32.4 Å². The van der Waals surface area contributed by atoms with Gasteiger partial charge in [-0.05, 0) is 44.0 Å². The van der Waals surface area contributed by atoms with Crippen molar-refractivity contribution >= 4 is 11.6 Å². The van der Waals surface area contributed by atoms with E-state index in [0.717, 1.165) is 5.56 Å². The van der Waals surface area contributed by atoms with E-state index < -0.39 is 0 Å². The van der Waals surface area contributed by atoms with Crippen LogP contribution >= 0.6 is 11.6 Å². The van der Waals surface area contributed by atoms with Gasteiger partial charge in [0.25, 0.3) is 0 Å². The van der Waals surface area contributed by atoms with E-state index in [0.29, 0.717) is 18.1 Å². The maximum Gasteiger partial charge on any atom is 0.123 e. The van der Waals surface area contributed by atoms with Crippen molar-refractivity contribution in [3.05, 3.63) is 34.6 Å². The van der Waals surface area contributed by atoms with Gasteiger partial charge in [0.05, 0.1) is 12.7 Å². The van der Waals surface area contributed by atoms with E-state index in [1.807, 2.05) is 13.8 Å². The Morgan fingerprint density at radius 2 is 2.18 bits per heavy atom. The minimum atomic E-state index is -0.301. The zero-order valence-corrected chi connectivity index (χ0v) is 10.8. The number of hydrogen-bond acceptors (Lipinski definition) is 3. The van der Waals surface area contributed by atoms with Gasteiger partial charge in [-0.1, -0.05) is 11.6 Å². The van der Waals surface area contributed by atoms with Crippen molar-refractivity contribution in [3.63, 3.8) is 0 Å². The second-order valence-electron chi connectivity index (χ2n) is 4.19. The smallest absolute Gasteiger partial charge is 0.123 e. The van der Waals surface area contributed by atoms with E-state index in [2.05, 4.69) is 5.43 Å². The third-order valence-electron chi connectivity index (χ3n) is 2.34. The molecule has 0 saturated heterocycles. The second kappa shape index (κ2) is 6.91. The third-order valence-corrected chi connectivity index (χ3v) is 2.71. The summed E-state index contributed by atoms with van der Waals surface area (Å²) in [5, 5.41) is 0.538. The van der Waals surface area contributed by atoms with Crippen LogP contribution in [0.1, 0.15) is 19.4 Å². The molecule has 3 N–H and O–H groups in total. The van der Waals surface area contributed by atoms with Gasteiger partial charge in [-0.25, -0.2) is 4.39 Å². The molecule has 0 radical (unpaired) electrons. The molecule has 17 heavy (non-hydrogen) atoms. The molecule has 0 bridgehead atoms. The SMILES string of the molecule is CC(C)OCC(Cc1cc(F)ccc1Cl)NN. The Bertz CT molecular complexity index is 360. The molecule has 0 aromatic heterocycles. The first-order valence-corrected chi connectivity index (χ1v) is 5.92. The number of ether oxygens (including phenoxy) is 1. The molecule has 5 heteroatoms. The average molecular weight is 261 g/mol. The highest BCUT2D eigenvalue weighted by molar-refractivity contribution is 6.31. The van der Waals surface area contributed by atoms with Gasteiger partial charge < -0.3 is 4.74 Å². The molecule has 0 aliphatic rings. The Morgan fingerprint density at radius 1 is 1.47 bits per heavy atom. The standard InChI is InChI=1S/C12H18ClFN2O/c1-8(2)17-7-11(16-15)6-9-5-10(14)3-4-12(9)13/h3-5,8,11,16H,6-7,15H2,1-2H3. The molecule has 0 amide bonds. The van der Waals surface area contributed by atoms with Crippen LogP contribution in [0.3, 0.4) is 0 Å². The molecule has 3 nitrogen and oxygen atoms in total. The highest BCUT2D eigenvalue weighted by Gasteiger charge is 2.12. The Balaban J connectivity index is 2.63. The summed E-state index contributed by atoms with van der Waals surface area (Å²) in [6.07, 6.45) is 0.661. The minimum absolute atomic E-state index is 0.0864. The van der Waals surface area contributed by atoms with Gasteiger partial charge in [-0.3, -0.25) is 11.3 Å². The first kappa shape index (κ1) is 14.4. The van der Waals surface area contributed by atoms with Gasteiger partial charge in [-0.15, -0.1) is 0 Å². The number of hydrazine groups is 1.